The Morgan fingerprint density at radius 1 is 1.24 bits per heavy atom. The Labute approximate surface area is 143 Å². The summed E-state index contributed by atoms with van der Waals surface area (Å²) in [6.45, 7) is 1.95. The molecule has 0 amide bonds. The lowest BCUT2D eigenvalue weighted by Crippen LogP contribution is -2.41. The van der Waals surface area contributed by atoms with Gasteiger partial charge in [-0.15, -0.1) is 0 Å². The number of hydrogen-bond donors (Lipinski definition) is 2. The van der Waals surface area contributed by atoms with Gasteiger partial charge < -0.3 is 0 Å². The first-order valence-corrected chi connectivity index (χ1v) is 8.40. The van der Waals surface area contributed by atoms with Gasteiger partial charge in [-0.3, -0.25) is 10.1 Å². The molecule has 128 valence electrons. The Hall–Kier alpha value is -2.54. The molecule has 0 bridgehead atoms. The maximum Gasteiger partial charge on any atom is 0.265 e. The van der Waals surface area contributed by atoms with Crippen LogP contribution in [0.4, 0.5) is 8.78 Å². The highest BCUT2D eigenvalue weighted by molar-refractivity contribution is 6.03. The highest BCUT2D eigenvalue weighted by atomic mass is 19.3. The van der Waals surface area contributed by atoms with E-state index in [2.05, 4.69) is 20.6 Å². The van der Waals surface area contributed by atoms with Crippen molar-refractivity contribution in [2.75, 3.05) is 0 Å². The molecule has 0 radical (unpaired) electrons. The van der Waals surface area contributed by atoms with Crippen molar-refractivity contribution in [2.24, 2.45) is 10.9 Å². The van der Waals surface area contributed by atoms with Crippen LogP contribution in [0, 0.1) is 12.8 Å². The third-order valence-corrected chi connectivity index (χ3v) is 4.99. The van der Waals surface area contributed by atoms with Crippen LogP contribution in [0.3, 0.4) is 0 Å². The third-order valence-electron chi connectivity index (χ3n) is 4.99. The van der Waals surface area contributed by atoms with Gasteiger partial charge in [-0.25, -0.2) is 19.2 Å². The minimum absolute atomic E-state index is 0.00476. The third kappa shape index (κ3) is 2.30. The average Bonchev–Trinajstić information content (AvgIpc) is 3.16. The average molecular weight is 341 g/mol. The summed E-state index contributed by atoms with van der Waals surface area (Å²) in [5, 5.41) is 9.64. The van der Waals surface area contributed by atoms with Crippen molar-refractivity contribution in [2.45, 2.75) is 32.4 Å². The van der Waals surface area contributed by atoms with E-state index in [1.807, 2.05) is 19.1 Å². The van der Waals surface area contributed by atoms with Crippen LogP contribution in [0.2, 0.25) is 0 Å². The lowest BCUT2D eigenvalue weighted by molar-refractivity contribution is 0.192. The van der Waals surface area contributed by atoms with Gasteiger partial charge in [-0.2, -0.15) is 5.10 Å². The number of aromatic amines is 1. The molecule has 1 atom stereocenters. The second-order valence-electron chi connectivity index (χ2n) is 6.80. The summed E-state index contributed by atoms with van der Waals surface area (Å²) < 4.78 is 27.4. The molecule has 7 heteroatoms. The monoisotopic (exact) mass is 341 g/mol. The SMILES string of the molecule is Cc1cc(C2=C(C(F)F)C=CC3=NC(C4CC4)NN32)cc2cn[nH]c12. The molecule has 2 N–H and O–H groups in total. The van der Waals surface area contributed by atoms with Gasteiger partial charge in [0, 0.05) is 16.5 Å². The number of hydrogen-bond acceptors (Lipinski definition) is 4. The van der Waals surface area contributed by atoms with E-state index >= 15 is 0 Å². The van der Waals surface area contributed by atoms with Crippen LogP contribution in [0.5, 0.6) is 0 Å². The van der Waals surface area contributed by atoms with Gasteiger partial charge in [0.05, 0.1) is 17.4 Å². The summed E-state index contributed by atoms with van der Waals surface area (Å²) in [4.78, 5) is 4.66. The maximum absolute atomic E-state index is 13.7. The smallest absolute Gasteiger partial charge is 0.265 e. The number of aryl methyl sites for hydroxylation is 1. The van der Waals surface area contributed by atoms with Crippen LogP contribution in [-0.4, -0.2) is 33.6 Å². The molecular formula is C18H17F2N5. The first kappa shape index (κ1) is 14.8. The zero-order valence-electron chi connectivity index (χ0n) is 13.6. The van der Waals surface area contributed by atoms with Gasteiger partial charge in [0.25, 0.3) is 6.43 Å². The molecule has 3 heterocycles. The zero-order valence-corrected chi connectivity index (χ0v) is 13.6. The van der Waals surface area contributed by atoms with Crippen molar-refractivity contribution in [1.29, 1.82) is 0 Å². The molecule has 1 aromatic carbocycles. The molecule has 3 aliphatic rings. The van der Waals surface area contributed by atoms with E-state index in [4.69, 9.17) is 0 Å². The van der Waals surface area contributed by atoms with E-state index < -0.39 is 6.43 Å². The lowest BCUT2D eigenvalue weighted by Gasteiger charge is -2.29. The molecule has 5 nitrogen and oxygen atoms in total. The molecule has 2 aromatic rings. The number of hydrazine groups is 1. The summed E-state index contributed by atoms with van der Waals surface area (Å²) in [5.41, 5.74) is 6.43. The number of benzene rings is 1. The van der Waals surface area contributed by atoms with E-state index in [-0.39, 0.29) is 11.7 Å². The molecule has 2 aliphatic heterocycles. The largest absolute Gasteiger partial charge is 0.278 e. The second-order valence-corrected chi connectivity index (χ2v) is 6.80. The number of fused-ring (bicyclic) bond motifs is 2. The van der Waals surface area contributed by atoms with Crippen molar-refractivity contribution in [3.8, 4) is 0 Å². The Morgan fingerprint density at radius 2 is 2.08 bits per heavy atom. The summed E-state index contributed by atoms with van der Waals surface area (Å²) in [6, 6.07) is 3.81. The minimum atomic E-state index is -2.56. The first-order chi connectivity index (χ1) is 12.1. The number of aromatic nitrogens is 2. The zero-order chi connectivity index (χ0) is 17.1. The molecule has 25 heavy (non-hydrogen) atoms. The molecule has 1 saturated carbocycles. The normalized spacial score (nSPS) is 23.0. The van der Waals surface area contributed by atoms with E-state index in [0.29, 0.717) is 17.5 Å². The molecule has 0 spiro atoms. The predicted octanol–water partition coefficient (Wildman–Crippen LogP) is 3.37. The van der Waals surface area contributed by atoms with Crippen LogP contribution >= 0.6 is 0 Å². The number of allylic oxidation sites excluding steroid dienone is 2. The molecule has 5 rings (SSSR count). The Balaban J connectivity index is 1.66. The molecule has 1 aromatic heterocycles. The number of H-pyrrole nitrogens is 1. The number of nitrogens with one attached hydrogen (secondary N) is 2. The van der Waals surface area contributed by atoms with Gasteiger partial charge in [0.15, 0.2) is 0 Å². The summed E-state index contributed by atoms with van der Waals surface area (Å²) >= 11 is 0. The van der Waals surface area contributed by atoms with Crippen molar-refractivity contribution in [1.82, 2.24) is 20.6 Å². The number of nitrogens with zero attached hydrogens (tertiary/aromatic N) is 3. The van der Waals surface area contributed by atoms with Crippen LogP contribution in [-0.2, 0) is 0 Å². The summed E-state index contributed by atoms with van der Waals surface area (Å²) in [6.07, 6.45) is 4.55. The predicted molar refractivity (Wildman–Crippen MR) is 91.8 cm³/mol. The quantitative estimate of drug-likeness (QED) is 0.900. The Bertz CT molecular complexity index is 952. The molecule has 1 fully saturated rings. The second kappa shape index (κ2) is 5.23. The van der Waals surface area contributed by atoms with Crippen molar-refractivity contribution in [3.05, 3.63) is 47.2 Å². The van der Waals surface area contributed by atoms with Crippen LogP contribution in [0.25, 0.3) is 16.6 Å². The fourth-order valence-corrected chi connectivity index (χ4v) is 3.56. The van der Waals surface area contributed by atoms with Crippen molar-refractivity contribution in [3.63, 3.8) is 0 Å². The molecule has 1 unspecified atom stereocenters. The number of rotatable bonds is 3. The van der Waals surface area contributed by atoms with Crippen LogP contribution in [0.15, 0.2) is 41.0 Å². The van der Waals surface area contributed by atoms with E-state index in [9.17, 15) is 8.78 Å². The van der Waals surface area contributed by atoms with Crippen LogP contribution in [0.1, 0.15) is 24.0 Å². The maximum atomic E-state index is 13.7. The van der Waals surface area contributed by atoms with Gasteiger partial charge in [-0.1, -0.05) is 0 Å². The standard InChI is InChI=1S/C18H17F2N5/c1-9-6-11(7-12-8-21-23-15(9)12)16-13(17(19)20)4-5-14-22-18(10-2-3-10)24-25(14)16/h4-8,10,17-18,24H,2-3H2,1H3,(H,21,23). The lowest BCUT2D eigenvalue weighted by atomic mass is 9.99. The van der Waals surface area contributed by atoms with Gasteiger partial charge >= 0.3 is 0 Å². The Morgan fingerprint density at radius 3 is 2.84 bits per heavy atom. The van der Waals surface area contributed by atoms with E-state index in [1.165, 1.54) is 6.08 Å². The Kier molecular flexibility index (Phi) is 3.09. The van der Waals surface area contributed by atoms with E-state index in [0.717, 1.165) is 34.9 Å². The number of amidine groups is 1. The fourth-order valence-electron chi connectivity index (χ4n) is 3.56. The summed E-state index contributed by atoms with van der Waals surface area (Å²) in [5.74, 6) is 1.20. The summed E-state index contributed by atoms with van der Waals surface area (Å²) in [7, 11) is 0. The van der Waals surface area contributed by atoms with Gasteiger partial charge in [0.2, 0.25) is 0 Å². The fraction of sp³-hybridized carbons (Fsp3) is 0.333. The van der Waals surface area contributed by atoms with Crippen LogP contribution < -0.4 is 5.43 Å². The number of halogens is 2. The first-order valence-electron chi connectivity index (χ1n) is 8.40. The van der Waals surface area contributed by atoms with Gasteiger partial charge in [0.1, 0.15) is 12.0 Å². The molecule has 1 aliphatic carbocycles. The van der Waals surface area contributed by atoms with Gasteiger partial charge in [-0.05, 0) is 55.5 Å². The highest BCUT2D eigenvalue weighted by Gasteiger charge is 2.39. The number of aliphatic imine (C=N–C) groups is 1. The highest BCUT2D eigenvalue weighted by Crippen LogP contribution is 2.39. The minimum Gasteiger partial charge on any atom is -0.278 e. The van der Waals surface area contributed by atoms with E-state index in [1.54, 1.807) is 17.3 Å². The molecule has 0 saturated heterocycles. The number of alkyl halides is 2. The topological polar surface area (TPSA) is 56.3 Å². The van der Waals surface area contributed by atoms with Crippen molar-refractivity contribution < 1.29 is 8.78 Å². The van der Waals surface area contributed by atoms with Crippen molar-refractivity contribution >= 4 is 22.4 Å². The molecular weight excluding hydrogens is 324 g/mol.